The third-order valence-electron chi connectivity index (χ3n) is 5.94. The molecule has 3 aliphatic rings. The second kappa shape index (κ2) is 6.91. The predicted molar refractivity (Wildman–Crippen MR) is 96.2 cm³/mol. The van der Waals surface area contributed by atoms with E-state index in [1.165, 1.54) is 0 Å². The molecule has 3 saturated heterocycles. The summed E-state index contributed by atoms with van der Waals surface area (Å²) in [5.74, 6) is 0.976. The number of benzene rings is 1. The van der Waals surface area contributed by atoms with Crippen LogP contribution in [0.4, 0.5) is 0 Å². The van der Waals surface area contributed by atoms with Crippen molar-refractivity contribution >= 4 is 11.8 Å². The number of carbonyl (C=O) groups excluding carboxylic acids is 2. The van der Waals surface area contributed by atoms with Crippen LogP contribution >= 0.6 is 0 Å². The van der Waals surface area contributed by atoms with Crippen LogP contribution in [-0.4, -0.2) is 66.6 Å². The predicted octanol–water partition coefficient (Wildman–Crippen LogP) is 2.08. The maximum Gasteiger partial charge on any atom is 0.254 e. The van der Waals surface area contributed by atoms with E-state index in [0.717, 1.165) is 32.2 Å². The summed E-state index contributed by atoms with van der Waals surface area (Å²) in [6.07, 6.45) is 4.20. The third kappa shape index (κ3) is 3.18. The van der Waals surface area contributed by atoms with Gasteiger partial charge in [0.25, 0.3) is 5.91 Å². The molecule has 1 aromatic rings. The molecule has 2 atom stereocenters. The van der Waals surface area contributed by atoms with Crippen molar-refractivity contribution in [3.8, 4) is 5.75 Å². The summed E-state index contributed by atoms with van der Waals surface area (Å²) in [6, 6.07) is 7.53. The molecule has 0 radical (unpaired) electrons. The first-order valence-corrected chi connectivity index (χ1v) is 9.47. The van der Waals surface area contributed by atoms with Gasteiger partial charge in [-0.1, -0.05) is 6.07 Å². The summed E-state index contributed by atoms with van der Waals surface area (Å²) >= 11 is 0. The van der Waals surface area contributed by atoms with Crippen LogP contribution in [0.3, 0.4) is 0 Å². The molecule has 140 valence electrons. The van der Waals surface area contributed by atoms with Gasteiger partial charge < -0.3 is 19.3 Å². The number of likely N-dealkylation sites (tertiary alicyclic amines) is 2. The molecule has 3 aliphatic heterocycles. The molecule has 6 nitrogen and oxygen atoms in total. The number of rotatable bonds is 3. The topological polar surface area (TPSA) is 59.1 Å². The van der Waals surface area contributed by atoms with Gasteiger partial charge in [0, 0.05) is 37.7 Å². The van der Waals surface area contributed by atoms with Gasteiger partial charge in [0.05, 0.1) is 19.3 Å². The van der Waals surface area contributed by atoms with Crippen molar-refractivity contribution in [2.45, 2.75) is 43.7 Å². The van der Waals surface area contributed by atoms with Crippen LogP contribution in [0.15, 0.2) is 24.3 Å². The van der Waals surface area contributed by atoms with Gasteiger partial charge in [-0.25, -0.2) is 0 Å². The highest BCUT2D eigenvalue weighted by atomic mass is 16.5. The first kappa shape index (κ1) is 17.3. The second-order valence-electron chi connectivity index (χ2n) is 7.58. The smallest absolute Gasteiger partial charge is 0.254 e. The Morgan fingerprint density at radius 2 is 2.23 bits per heavy atom. The lowest BCUT2D eigenvalue weighted by Gasteiger charge is -2.41. The summed E-state index contributed by atoms with van der Waals surface area (Å²) in [6.45, 7) is 2.82. The van der Waals surface area contributed by atoms with E-state index < -0.39 is 0 Å². The van der Waals surface area contributed by atoms with E-state index in [4.69, 9.17) is 9.47 Å². The van der Waals surface area contributed by atoms with Crippen molar-refractivity contribution in [3.63, 3.8) is 0 Å². The van der Waals surface area contributed by atoms with Crippen molar-refractivity contribution in [1.82, 2.24) is 9.80 Å². The molecular formula is C20H26N2O4. The summed E-state index contributed by atoms with van der Waals surface area (Å²) in [4.78, 5) is 28.9. The Hall–Kier alpha value is -2.08. The molecule has 0 unspecified atom stereocenters. The Labute approximate surface area is 154 Å². The first-order chi connectivity index (χ1) is 12.6. The highest BCUT2D eigenvalue weighted by molar-refractivity contribution is 5.94. The monoisotopic (exact) mass is 358 g/mol. The molecule has 3 heterocycles. The SMILES string of the molecule is COc1cccc(C(=O)N2CC[C@]3(C[C@H](N4CCCC4=O)CCO3)C2)c1. The van der Waals surface area contributed by atoms with Crippen LogP contribution in [0.1, 0.15) is 42.5 Å². The number of hydrogen-bond donors (Lipinski definition) is 0. The van der Waals surface area contributed by atoms with Gasteiger partial charge in [0.2, 0.25) is 5.91 Å². The zero-order valence-electron chi connectivity index (χ0n) is 15.3. The maximum atomic E-state index is 12.9. The van der Waals surface area contributed by atoms with Crippen LogP contribution in [-0.2, 0) is 9.53 Å². The van der Waals surface area contributed by atoms with Crippen molar-refractivity contribution in [3.05, 3.63) is 29.8 Å². The molecule has 0 saturated carbocycles. The maximum absolute atomic E-state index is 12.9. The van der Waals surface area contributed by atoms with Crippen molar-refractivity contribution in [2.24, 2.45) is 0 Å². The lowest BCUT2D eigenvalue weighted by molar-refractivity contribution is -0.137. The van der Waals surface area contributed by atoms with Crippen LogP contribution in [0.2, 0.25) is 0 Å². The largest absolute Gasteiger partial charge is 0.497 e. The minimum Gasteiger partial charge on any atom is -0.497 e. The Kier molecular flexibility index (Phi) is 4.61. The van der Waals surface area contributed by atoms with E-state index in [1.807, 2.05) is 28.0 Å². The van der Waals surface area contributed by atoms with Crippen LogP contribution < -0.4 is 4.74 Å². The van der Waals surface area contributed by atoms with Gasteiger partial charge in [0.15, 0.2) is 0 Å². The van der Waals surface area contributed by atoms with Gasteiger partial charge in [0.1, 0.15) is 5.75 Å². The van der Waals surface area contributed by atoms with E-state index in [9.17, 15) is 9.59 Å². The highest BCUT2D eigenvalue weighted by Gasteiger charge is 2.46. The Morgan fingerprint density at radius 3 is 3.00 bits per heavy atom. The Bertz CT molecular complexity index is 707. The van der Waals surface area contributed by atoms with Crippen LogP contribution in [0.5, 0.6) is 5.75 Å². The average Bonchev–Trinajstić information content (AvgIpc) is 3.28. The van der Waals surface area contributed by atoms with E-state index in [0.29, 0.717) is 37.4 Å². The van der Waals surface area contributed by atoms with Crippen molar-refractivity contribution < 1.29 is 19.1 Å². The van der Waals surface area contributed by atoms with Gasteiger partial charge >= 0.3 is 0 Å². The molecule has 0 aliphatic carbocycles. The zero-order chi connectivity index (χ0) is 18.1. The molecule has 0 aromatic heterocycles. The molecule has 26 heavy (non-hydrogen) atoms. The fourth-order valence-corrected chi connectivity index (χ4v) is 4.56. The van der Waals surface area contributed by atoms with Gasteiger partial charge in [-0.05, 0) is 43.9 Å². The second-order valence-corrected chi connectivity index (χ2v) is 7.58. The molecule has 3 fully saturated rings. The van der Waals surface area contributed by atoms with Gasteiger partial charge in [-0.15, -0.1) is 0 Å². The minimum absolute atomic E-state index is 0.0174. The van der Waals surface area contributed by atoms with E-state index >= 15 is 0 Å². The fourth-order valence-electron chi connectivity index (χ4n) is 4.56. The molecule has 1 spiro atoms. The van der Waals surface area contributed by atoms with E-state index in [2.05, 4.69) is 0 Å². The molecule has 1 aromatic carbocycles. The van der Waals surface area contributed by atoms with Crippen molar-refractivity contribution in [1.29, 1.82) is 0 Å². The normalized spacial score (nSPS) is 28.8. The van der Waals surface area contributed by atoms with Crippen LogP contribution in [0.25, 0.3) is 0 Å². The Balaban J connectivity index is 1.45. The number of methoxy groups -OCH3 is 1. The summed E-state index contributed by atoms with van der Waals surface area (Å²) in [7, 11) is 1.60. The number of ether oxygens (including phenoxy) is 2. The Morgan fingerprint density at radius 1 is 1.35 bits per heavy atom. The molecule has 0 N–H and O–H groups in total. The lowest BCUT2D eigenvalue weighted by Crippen LogP contribution is -2.50. The molecule has 6 heteroatoms. The van der Waals surface area contributed by atoms with Gasteiger partial charge in [-0.2, -0.15) is 0 Å². The van der Waals surface area contributed by atoms with E-state index in [-0.39, 0.29) is 23.5 Å². The number of carbonyl (C=O) groups is 2. The zero-order valence-corrected chi connectivity index (χ0v) is 15.3. The fraction of sp³-hybridized carbons (Fsp3) is 0.600. The summed E-state index contributed by atoms with van der Waals surface area (Å²) in [5, 5.41) is 0. The highest BCUT2D eigenvalue weighted by Crippen LogP contribution is 2.37. The standard InChI is InChI=1S/C20H26N2O4/c1-25-17-5-2-4-15(12-17)19(24)21-10-8-20(14-21)13-16(7-11-26-20)22-9-3-6-18(22)23/h2,4-5,12,16H,3,6-11,13-14H2,1H3/t16-,20+/m1/s1. The summed E-state index contributed by atoms with van der Waals surface area (Å²) in [5.41, 5.74) is 0.337. The average molecular weight is 358 g/mol. The summed E-state index contributed by atoms with van der Waals surface area (Å²) < 4.78 is 11.4. The number of nitrogens with zero attached hydrogens (tertiary/aromatic N) is 2. The molecule has 0 bridgehead atoms. The minimum atomic E-state index is -0.305. The van der Waals surface area contributed by atoms with Gasteiger partial charge in [-0.3, -0.25) is 9.59 Å². The van der Waals surface area contributed by atoms with Crippen molar-refractivity contribution in [2.75, 3.05) is 33.4 Å². The molecule has 4 rings (SSSR count). The lowest BCUT2D eigenvalue weighted by atomic mass is 9.89. The molecular weight excluding hydrogens is 332 g/mol. The third-order valence-corrected chi connectivity index (χ3v) is 5.94. The number of hydrogen-bond acceptors (Lipinski definition) is 4. The van der Waals surface area contributed by atoms with Crippen LogP contribution in [0, 0.1) is 0 Å². The number of amides is 2. The quantitative estimate of drug-likeness (QED) is 0.830. The molecule has 2 amide bonds. The first-order valence-electron chi connectivity index (χ1n) is 9.47. The van der Waals surface area contributed by atoms with E-state index in [1.54, 1.807) is 13.2 Å².